The van der Waals surface area contributed by atoms with Crippen LogP contribution in [0.3, 0.4) is 0 Å². The Bertz CT molecular complexity index is 603. The molecule has 94 valence electrons. The molecular weight excluding hydrogens is 442 g/mol. The van der Waals surface area contributed by atoms with Gasteiger partial charge in [-0.1, -0.05) is 0 Å². The van der Waals surface area contributed by atoms with Crippen molar-refractivity contribution >= 4 is 34.0 Å². The fraction of sp³-hybridized carbons (Fsp3) is 0.312. The Hall–Kier alpha value is -0.405. The first-order valence-corrected chi connectivity index (χ1v) is 16.5. The monoisotopic (exact) mass is 459 g/mol. The first kappa shape index (κ1) is 13.6. The quantitative estimate of drug-likeness (QED) is 0.471. The van der Waals surface area contributed by atoms with Gasteiger partial charge in [0.05, 0.1) is 0 Å². The molecule has 2 aromatic carbocycles. The summed E-state index contributed by atoms with van der Waals surface area (Å²) >= 11 is -1.50. The Morgan fingerprint density at radius 1 is 1.11 bits per heavy atom. The van der Waals surface area contributed by atoms with Gasteiger partial charge in [-0.25, -0.2) is 0 Å². The molecule has 1 aliphatic rings. The van der Waals surface area contributed by atoms with Crippen molar-refractivity contribution in [1.82, 2.24) is 0 Å². The summed E-state index contributed by atoms with van der Waals surface area (Å²) in [5, 5.41) is 2.61. The van der Waals surface area contributed by atoms with Crippen molar-refractivity contribution in [2.24, 2.45) is 10.9 Å². The first-order valence-electron chi connectivity index (χ1n) is 6.99. The Morgan fingerprint density at radius 3 is 2.68 bits per heavy atom. The Kier molecular flexibility index (Phi) is 4.55. The summed E-state index contributed by atoms with van der Waals surface area (Å²) < 4.78 is 1.37. The van der Waals surface area contributed by atoms with Crippen molar-refractivity contribution in [2.45, 2.75) is 25.7 Å². The fourth-order valence-electron chi connectivity index (χ4n) is 2.88. The van der Waals surface area contributed by atoms with E-state index in [4.69, 9.17) is 13.2 Å². The second kappa shape index (κ2) is 6.36. The van der Waals surface area contributed by atoms with Crippen LogP contribution in [0, 0.1) is 5.92 Å². The van der Waals surface area contributed by atoms with E-state index in [0.717, 1.165) is 5.69 Å². The third-order valence-corrected chi connectivity index (χ3v) is 10.2. The van der Waals surface area contributed by atoms with E-state index in [1.54, 1.807) is 0 Å². The molecule has 0 saturated heterocycles. The molecule has 0 N–H and O–H groups in total. The van der Waals surface area contributed by atoms with Crippen LogP contribution in [0.2, 0.25) is 0 Å². The molecule has 1 aliphatic carbocycles. The van der Waals surface area contributed by atoms with E-state index in [9.17, 15) is 0 Å². The number of rotatable bonds is 3. The standard InChI is InChI=1S/C16H16N.ClH.Hg/c1-2-6-13(5-1)12-17-16-10-9-14-7-3-4-8-15(14)11-16;;/h3-4,7-10,12-13H,1-2,5-6H2;1H;/q;;+1/p-1. The van der Waals surface area contributed by atoms with Gasteiger partial charge in [0, 0.05) is 0 Å². The molecule has 19 heavy (non-hydrogen) atoms. The van der Waals surface area contributed by atoms with Gasteiger partial charge in [-0.3, -0.25) is 0 Å². The molecule has 0 atom stereocenters. The second-order valence-electron chi connectivity index (χ2n) is 5.24. The van der Waals surface area contributed by atoms with Gasteiger partial charge in [-0.2, -0.15) is 0 Å². The van der Waals surface area contributed by atoms with Gasteiger partial charge >= 0.3 is 130 Å². The van der Waals surface area contributed by atoms with Crippen LogP contribution < -0.4 is 3.07 Å². The van der Waals surface area contributed by atoms with Crippen LogP contribution in [0.4, 0.5) is 5.69 Å². The molecule has 0 aromatic heterocycles. The summed E-state index contributed by atoms with van der Waals surface area (Å²) in [6.07, 6.45) is 7.49. The number of halogens is 1. The molecule has 1 saturated carbocycles. The van der Waals surface area contributed by atoms with E-state index >= 15 is 0 Å². The summed E-state index contributed by atoms with van der Waals surface area (Å²) in [7, 11) is 6.35. The van der Waals surface area contributed by atoms with Crippen molar-refractivity contribution in [2.75, 3.05) is 0 Å². The van der Waals surface area contributed by atoms with Gasteiger partial charge in [-0.05, 0) is 0 Å². The van der Waals surface area contributed by atoms with Gasteiger partial charge in [0.15, 0.2) is 0 Å². The van der Waals surface area contributed by atoms with Gasteiger partial charge in [0.2, 0.25) is 0 Å². The summed E-state index contributed by atoms with van der Waals surface area (Å²) in [6, 6.07) is 12.8. The van der Waals surface area contributed by atoms with Crippen LogP contribution in [-0.2, 0) is 23.3 Å². The van der Waals surface area contributed by atoms with Crippen LogP contribution in [0.15, 0.2) is 41.4 Å². The van der Waals surface area contributed by atoms with E-state index in [-0.39, 0.29) is 0 Å². The molecule has 0 spiro atoms. The molecule has 0 heterocycles. The van der Waals surface area contributed by atoms with E-state index < -0.39 is 23.3 Å². The second-order valence-corrected chi connectivity index (χ2v) is 11.4. The summed E-state index contributed by atoms with van der Waals surface area (Å²) in [5.41, 5.74) is 1.13. The van der Waals surface area contributed by atoms with Crippen LogP contribution in [0.25, 0.3) is 10.8 Å². The Labute approximate surface area is 129 Å². The SMILES string of the molecule is [Cl][Hg][c]1c(N=CC2CCCC2)ccc2ccccc12. The molecule has 3 heteroatoms. The van der Waals surface area contributed by atoms with Crippen molar-refractivity contribution in [1.29, 1.82) is 0 Å². The molecular formula is C16H16ClHgN. The van der Waals surface area contributed by atoms with Gasteiger partial charge < -0.3 is 0 Å². The van der Waals surface area contributed by atoms with Gasteiger partial charge in [-0.15, -0.1) is 0 Å². The minimum atomic E-state index is -1.50. The third-order valence-electron chi connectivity index (χ3n) is 3.97. The first-order chi connectivity index (χ1) is 9.38. The number of nitrogens with zero attached hydrogens (tertiary/aromatic N) is 1. The molecule has 0 bridgehead atoms. The van der Waals surface area contributed by atoms with Crippen LogP contribution in [0.5, 0.6) is 0 Å². The van der Waals surface area contributed by atoms with E-state index in [0.29, 0.717) is 5.92 Å². The summed E-state index contributed by atoms with van der Waals surface area (Å²) in [4.78, 5) is 4.76. The predicted molar refractivity (Wildman–Crippen MR) is 79.5 cm³/mol. The van der Waals surface area contributed by atoms with Crippen molar-refractivity contribution in [3.05, 3.63) is 36.4 Å². The maximum atomic E-state index is 6.35. The zero-order valence-corrected chi connectivity index (χ0v) is 17.2. The minimum absolute atomic E-state index is 0.686. The van der Waals surface area contributed by atoms with Crippen molar-refractivity contribution in [3.63, 3.8) is 0 Å². The zero-order chi connectivity index (χ0) is 13.1. The average molecular weight is 458 g/mol. The Morgan fingerprint density at radius 2 is 1.89 bits per heavy atom. The fourth-order valence-corrected chi connectivity index (χ4v) is 8.50. The molecule has 1 fully saturated rings. The van der Waals surface area contributed by atoms with E-state index in [1.807, 2.05) is 0 Å². The number of benzene rings is 2. The third kappa shape index (κ3) is 3.03. The number of hydrogen-bond donors (Lipinski definition) is 0. The van der Waals surface area contributed by atoms with Crippen LogP contribution >= 0.6 is 8.25 Å². The number of hydrogen-bond acceptors (Lipinski definition) is 1. The van der Waals surface area contributed by atoms with Gasteiger partial charge in [0.1, 0.15) is 0 Å². The maximum absolute atomic E-state index is 6.35. The number of aliphatic imine (C=N–C) groups is 1. The summed E-state index contributed by atoms with van der Waals surface area (Å²) in [5.74, 6) is 0.686. The zero-order valence-electron chi connectivity index (χ0n) is 11.0. The number of fused-ring (bicyclic) bond motifs is 1. The normalized spacial score (nSPS) is 16.3. The summed E-state index contributed by atoms with van der Waals surface area (Å²) in [6.45, 7) is 0. The molecule has 1 nitrogen and oxygen atoms in total. The van der Waals surface area contributed by atoms with Gasteiger partial charge in [0.25, 0.3) is 0 Å². The van der Waals surface area contributed by atoms with E-state index in [2.05, 4.69) is 42.6 Å². The van der Waals surface area contributed by atoms with E-state index in [1.165, 1.54) is 39.5 Å². The molecule has 2 aromatic rings. The van der Waals surface area contributed by atoms with Crippen molar-refractivity contribution < 1.29 is 23.3 Å². The molecule has 3 rings (SSSR count). The van der Waals surface area contributed by atoms with Crippen molar-refractivity contribution in [3.8, 4) is 0 Å². The Balaban J connectivity index is 1.98. The van der Waals surface area contributed by atoms with Crippen LogP contribution in [-0.4, -0.2) is 6.21 Å². The average Bonchev–Trinajstić information content (AvgIpc) is 2.97. The van der Waals surface area contributed by atoms with Crippen LogP contribution in [0.1, 0.15) is 25.7 Å². The molecule has 0 radical (unpaired) electrons. The predicted octanol–water partition coefficient (Wildman–Crippen LogP) is 4.59. The topological polar surface area (TPSA) is 12.4 Å². The molecule has 0 amide bonds. The molecule has 0 aliphatic heterocycles. The molecule has 0 unspecified atom stereocenters.